The Balaban J connectivity index is 1.39. The smallest absolute Gasteiger partial charge is 0.255 e. The zero-order valence-electron chi connectivity index (χ0n) is 16.1. The van der Waals surface area contributed by atoms with Crippen LogP contribution in [0.3, 0.4) is 0 Å². The van der Waals surface area contributed by atoms with Crippen molar-refractivity contribution >= 4 is 16.6 Å². The summed E-state index contributed by atoms with van der Waals surface area (Å²) in [7, 11) is 0. The Hall–Kier alpha value is -2.96. The summed E-state index contributed by atoms with van der Waals surface area (Å²) in [5.74, 6) is 0.830. The predicted molar refractivity (Wildman–Crippen MR) is 114 cm³/mol. The van der Waals surface area contributed by atoms with Gasteiger partial charge in [-0.05, 0) is 18.2 Å². The van der Waals surface area contributed by atoms with Gasteiger partial charge in [-0.15, -0.1) is 0 Å². The topological polar surface area (TPSA) is 58.2 Å². The summed E-state index contributed by atoms with van der Waals surface area (Å²) in [5, 5.41) is 0.521. The van der Waals surface area contributed by atoms with Gasteiger partial charge in [0.25, 0.3) is 5.56 Å². The standard InChI is InChI=1S/C23H19ClFN3O2/c24-21-15(13-30-20-7-6-16(25)10-17(20)21)11-28-9-8-19-18(12-28)23(29)27-22(26-19)14-4-2-1-3-5-14/h1-7,10H,8-9,11-13H2,(H,26,27,29). The molecule has 0 radical (unpaired) electrons. The van der Waals surface area contributed by atoms with Gasteiger partial charge in [-0.1, -0.05) is 41.9 Å². The molecule has 152 valence electrons. The fraction of sp³-hybridized carbons (Fsp3) is 0.217. The first-order chi connectivity index (χ1) is 14.6. The van der Waals surface area contributed by atoms with Gasteiger partial charge in [-0.25, -0.2) is 9.37 Å². The first-order valence-electron chi connectivity index (χ1n) is 9.78. The second-order valence-electron chi connectivity index (χ2n) is 7.51. The molecule has 1 N–H and O–H groups in total. The molecule has 7 heteroatoms. The Bertz CT molecular complexity index is 1210. The summed E-state index contributed by atoms with van der Waals surface area (Å²) in [5.41, 5.74) is 3.74. The van der Waals surface area contributed by atoms with Gasteiger partial charge in [0.15, 0.2) is 0 Å². The van der Waals surface area contributed by atoms with Crippen LogP contribution in [0, 0.1) is 5.82 Å². The van der Waals surface area contributed by atoms with Crippen molar-refractivity contribution in [2.24, 2.45) is 0 Å². The maximum atomic E-state index is 13.6. The van der Waals surface area contributed by atoms with Crippen LogP contribution in [0.5, 0.6) is 5.75 Å². The van der Waals surface area contributed by atoms with Crippen LogP contribution < -0.4 is 10.3 Å². The van der Waals surface area contributed by atoms with Crippen molar-refractivity contribution in [3.63, 3.8) is 0 Å². The second kappa shape index (κ2) is 7.70. The molecule has 0 fully saturated rings. The number of ether oxygens (including phenoxy) is 1. The molecule has 0 saturated carbocycles. The van der Waals surface area contributed by atoms with Crippen LogP contribution in [0.1, 0.15) is 16.8 Å². The van der Waals surface area contributed by atoms with E-state index in [-0.39, 0.29) is 11.4 Å². The second-order valence-corrected chi connectivity index (χ2v) is 7.89. The van der Waals surface area contributed by atoms with Gasteiger partial charge in [-0.3, -0.25) is 9.69 Å². The van der Waals surface area contributed by atoms with E-state index in [1.54, 1.807) is 6.07 Å². The molecule has 0 bridgehead atoms. The van der Waals surface area contributed by atoms with Crippen LogP contribution in [0.4, 0.5) is 4.39 Å². The average Bonchev–Trinajstić information content (AvgIpc) is 2.77. The third-order valence-electron chi connectivity index (χ3n) is 5.50. The van der Waals surface area contributed by atoms with Gasteiger partial charge in [0, 0.05) is 42.8 Å². The minimum atomic E-state index is -0.351. The van der Waals surface area contributed by atoms with Gasteiger partial charge in [-0.2, -0.15) is 0 Å². The van der Waals surface area contributed by atoms with Gasteiger partial charge < -0.3 is 9.72 Å². The van der Waals surface area contributed by atoms with Crippen molar-refractivity contribution in [1.82, 2.24) is 14.9 Å². The molecule has 3 aromatic rings. The van der Waals surface area contributed by atoms with E-state index in [9.17, 15) is 9.18 Å². The molecule has 5 rings (SSSR count). The predicted octanol–water partition coefficient (Wildman–Crippen LogP) is 3.98. The number of aromatic nitrogens is 2. The SMILES string of the molecule is O=c1[nH]c(-c2ccccc2)nc2c1CN(CC1=C(Cl)c3cc(F)ccc3OC1)CC2. The molecule has 0 saturated heterocycles. The van der Waals surface area contributed by atoms with E-state index >= 15 is 0 Å². The molecule has 1 aromatic heterocycles. The maximum Gasteiger partial charge on any atom is 0.255 e. The maximum absolute atomic E-state index is 13.6. The van der Waals surface area contributed by atoms with Crippen molar-refractivity contribution in [3.8, 4) is 17.1 Å². The number of aromatic amines is 1. The molecule has 2 aliphatic heterocycles. The number of hydrogen-bond acceptors (Lipinski definition) is 4. The molecule has 0 spiro atoms. The number of nitrogens with one attached hydrogen (secondary N) is 1. The Morgan fingerprint density at radius 1 is 1.20 bits per heavy atom. The van der Waals surface area contributed by atoms with E-state index in [4.69, 9.17) is 21.3 Å². The molecular formula is C23H19ClFN3O2. The van der Waals surface area contributed by atoms with Crippen LogP contribution in [0.2, 0.25) is 0 Å². The number of nitrogens with zero attached hydrogens (tertiary/aromatic N) is 2. The van der Waals surface area contributed by atoms with Crippen LogP contribution in [-0.4, -0.2) is 34.6 Å². The summed E-state index contributed by atoms with van der Waals surface area (Å²) in [4.78, 5) is 22.5. The number of halogens is 2. The van der Waals surface area contributed by atoms with E-state index in [0.717, 1.165) is 23.4 Å². The van der Waals surface area contributed by atoms with Crippen molar-refractivity contribution in [2.45, 2.75) is 13.0 Å². The molecular weight excluding hydrogens is 405 g/mol. The zero-order valence-corrected chi connectivity index (χ0v) is 16.9. The number of rotatable bonds is 3. The lowest BCUT2D eigenvalue weighted by Crippen LogP contribution is -2.37. The number of H-pyrrole nitrogens is 1. The number of benzene rings is 2. The number of fused-ring (bicyclic) bond motifs is 2. The highest BCUT2D eigenvalue weighted by Crippen LogP contribution is 2.36. The van der Waals surface area contributed by atoms with Crippen molar-refractivity contribution in [1.29, 1.82) is 0 Å². The minimum absolute atomic E-state index is 0.115. The Labute approximate surface area is 177 Å². The molecule has 0 unspecified atom stereocenters. The first kappa shape index (κ1) is 19.0. The van der Waals surface area contributed by atoms with E-state index in [2.05, 4.69) is 9.88 Å². The third-order valence-corrected chi connectivity index (χ3v) is 5.97. The van der Waals surface area contributed by atoms with E-state index in [0.29, 0.717) is 53.9 Å². The highest BCUT2D eigenvalue weighted by molar-refractivity contribution is 6.49. The van der Waals surface area contributed by atoms with Crippen molar-refractivity contribution in [3.05, 3.63) is 87.1 Å². The first-order valence-corrected chi connectivity index (χ1v) is 10.2. The lowest BCUT2D eigenvalue weighted by molar-refractivity contribution is 0.254. The van der Waals surface area contributed by atoms with Crippen molar-refractivity contribution in [2.75, 3.05) is 19.7 Å². The fourth-order valence-corrected chi connectivity index (χ4v) is 4.21. The van der Waals surface area contributed by atoms with Gasteiger partial charge in [0.1, 0.15) is 24.0 Å². The van der Waals surface area contributed by atoms with Gasteiger partial charge in [0.05, 0.1) is 16.3 Å². The molecule has 2 aromatic carbocycles. The quantitative estimate of drug-likeness (QED) is 0.692. The lowest BCUT2D eigenvalue weighted by Gasteiger charge is -2.30. The largest absolute Gasteiger partial charge is 0.488 e. The van der Waals surface area contributed by atoms with E-state index < -0.39 is 0 Å². The Morgan fingerprint density at radius 2 is 2.03 bits per heavy atom. The van der Waals surface area contributed by atoms with Crippen molar-refractivity contribution < 1.29 is 9.13 Å². The molecule has 0 atom stereocenters. The highest BCUT2D eigenvalue weighted by Gasteiger charge is 2.25. The Morgan fingerprint density at radius 3 is 2.87 bits per heavy atom. The Kier molecular flexibility index (Phi) is 4.89. The van der Waals surface area contributed by atoms with E-state index in [1.165, 1.54) is 12.1 Å². The van der Waals surface area contributed by atoms with Gasteiger partial charge in [0.2, 0.25) is 0 Å². The fourth-order valence-electron chi connectivity index (χ4n) is 3.95. The molecule has 2 aliphatic rings. The van der Waals surface area contributed by atoms with Gasteiger partial charge >= 0.3 is 0 Å². The minimum Gasteiger partial charge on any atom is -0.488 e. The molecule has 5 nitrogen and oxygen atoms in total. The molecule has 0 aliphatic carbocycles. The zero-order chi connectivity index (χ0) is 20.7. The summed E-state index contributed by atoms with van der Waals surface area (Å²) in [6.45, 7) is 2.13. The number of hydrogen-bond donors (Lipinski definition) is 1. The highest BCUT2D eigenvalue weighted by atomic mass is 35.5. The normalized spacial score (nSPS) is 16.1. The summed E-state index contributed by atoms with van der Waals surface area (Å²) in [6, 6.07) is 14.0. The molecule has 3 heterocycles. The molecule has 0 amide bonds. The average molecular weight is 424 g/mol. The van der Waals surface area contributed by atoms with Crippen LogP contribution in [0.15, 0.2) is 58.9 Å². The van der Waals surface area contributed by atoms with E-state index in [1.807, 2.05) is 30.3 Å². The summed E-state index contributed by atoms with van der Waals surface area (Å²) < 4.78 is 19.4. The monoisotopic (exact) mass is 423 g/mol. The third kappa shape index (κ3) is 3.53. The van der Waals surface area contributed by atoms with Crippen LogP contribution in [-0.2, 0) is 13.0 Å². The molecule has 30 heavy (non-hydrogen) atoms. The van der Waals surface area contributed by atoms with Crippen LogP contribution >= 0.6 is 11.6 Å². The summed E-state index contributed by atoms with van der Waals surface area (Å²) >= 11 is 6.55. The lowest BCUT2D eigenvalue weighted by atomic mass is 10.0. The van der Waals surface area contributed by atoms with Crippen LogP contribution in [0.25, 0.3) is 16.4 Å². The summed E-state index contributed by atoms with van der Waals surface area (Å²) in [6.07, 6.45) is 0.677.